The summed E-state index contributed by atoms with van der Waals surface area (Å²) in [6, 6.07) is 3.84. The Kier molecular flexibility index (Phi) is 3.65. The number of amides is 2. The molecule has 7 nitrogen and oxygen atoms in total. The summed E-state index contributed by atoms with van der Waals surface area (Å²) < 4.78 is 26.6. The minimum Gasteiger partial charge on any atom is -0.368 e. The van der Waals surface area contributed by atoms with Crippen molar-refractivity contribution in [2.24, 2.45) is 5.73 Å². The van der Waals surface area contributed by atoms with Crippen molar-refractivity contribution in [1.82, 2.24) is 4.31 Å². The Bertz CT molecular complexity index is 744. The van der Waals surface area contributed by atoms with Crippen LogP contribution in [0.1, 0.15) is 24.8 Å². The number of nitrogens with zero attached hydrogens (tertiary/aromatic N) is 1. The van der Waals surface area contributed by atoms with Crippen molar-refractivity contribution >= 4 is 27.5 Å². The number of benzene rings is 1. The Morgan fingerprint density at radius 3 is 2.82 bits per heavy atom. The number of carbonyl (C=O) groups is 2. The number of nitrogens with two attached hydrogens (primary N) is 1. The average Bonchev–Trinajstić information content (AvgIpc) is 2.97. The quantitative estimate of drug-likeness (QED) is 0.828. The molecule has 2 aliphatic heterocycles. The number of anilines is 1. The van der Waals surface area contributed by atoms with Crippen molar-refractivity contribution in [3.8, 4) is 0 Å². The van der Waals surface area contributed by atoms with Gasteiger partial charge in [0.05, 0.1) is 4.90 Å². The normalized spacial score (nSPS) is 22.2. The van der Waals surface area contributed by atoms with Crippen molar-refractivity contribution in [3.63, 3.8) is 0 Å². The number of primary amides is 1. The van der Waals surface area contributed by atoms with E-state index in [1.165, 1.54) is 10.4 Å². The number of hydrogen-bond acceptors (Lipinski definition) is 4. The molecule has 2 aliphatic rings. The van der Waals surface area contributed by atoms with Crippen LogP contribution in [0.5, 0.6) is 0 Å². The van der Waals surface area contributed by atoms with E-state index in [1.807, 2.05) is 0 Å². The van der Waals surface area contributed by atoms with Crippen LogP contribution in [0.4, 0.5) is 5.69 Å². The fourth-order valence-corrected chi connectivity index (χ4v) is 4.68. The van der Waals surface area contributed by atoms with E-state index in [4.69, 9.17) is 5.73 Å². The maximum atomic E-state index is 12.7. The Balaban J connectivity index is 1.96. The number of sulfonamides is 1. The molecule has 0 spiro atoms. The Morgan fingerprint density at radius 2 is 2.09 bits per heavy atom. The lowest BCUT2D eigenvalue weighted by Crippen LogP contribution is -2.43. The van der Waals surface area contributed by atoms with E-state index in [-0.39, 0.29) is 10.8 Å². The predicted octanol–water partition coefficient (Wildman–Crippen LogP) is 0.210. The molecule has 3 rings (SSSR count). The molecule has 1 aromatic carbocycles. The number of hydrogen-bond donors (Lipinski definition) is 2. The standard InChI is InChI=1S/C14H17N3O4S/c15-14(19)12-2-1-7-17(12)22(20,21)10-4-5-11-9(8-10)3-6-13(18)16-11/h4-5,8,12H,1-3,6-7H2,(H2,15,19)(H,16,18). The van der Waals surface area contributed by atoms with Gasteiger partial charge in [-0.2, -0.15) is 4.31 Å². The van der Waals surface area contributed by atoms with E-state index in [0.29, 0.717) is 37.9 Å². The summed E-state index contributed by atoms with van der Waals surface area (Å²) in [5.74, 6) is -0.692. The third-order valence-corrected chi connectivity index (χ3v) is 6.02. The SMILES string of the molecule is NC(=O)C1CCCN1S(=O)(=O)c1ccc2c(c1)CCC(=O)N2. The number of nitrogens with one attached hydrogen (secondary N) is 1. The van der Waals surface area contributed by atoms with Crippen LogP contribution in [0.2, 0.25) is 0 Å². The highest BCUT2D eigenvalue weighted by molar-refractivity contribution is 7.89. The van der Waals surface area contributed by atoms with E-state index in [9.17, 15) is 18.0 Å². The van der Waals surface area contributed by atoms with Gasteiger partial charge in [-0.3, -0.25) is 9.59 Å². The van der Waals surface area contributed by atoms with Gasteiger partial charge in [-0.25, -0.2) is 8.42 Å². The Morgan fingerprint density at radius 1 is 1.32 bits per heavy atom. The fourth-order valence-electron chi connectivity index (χ4n) is 2.97. The number of rotatable bonds is 3. The lowest BCUT2D eigenvalue weighted by molar-refractivity contribution is -0.121. The van der Waals surface area contributed by atoms with Gasteiger partial charge in [-0.05, 0) is 43.0 Å². The highest BCUT2D eigenvalue weighted by Gasteiger charge is 2.38. The van der Waals surface area contributed by atoms with Crippen LogP contribution in [0.3, 0.4) is 0 Å². The monoisotopic (exact) mass is 323 g/mol. The van der Waals surface area contributed by atoms with Gasteiger partial charge in [0.15, 0.2) is 0 Å². The first-order valence-corrected chi connectivity index (χ1v) is 8.57. The maximum Gasteiger partial charge on any atom is 0.243 e. The summed E-state index contributed by atoms with van der Waals surface area (Å²) >= 11 is 0. The van der Waals surface area contributed by atoms with Crippen LogP contribution in [0.25, 0.3) is 0 Å². The molecule has 0 saturated carbocycles. The van der Waals surface area contributed by atoms with Crippen molar-refractivity contribution in [2.75, 3.05) is 11.9 Å². The molecular formula is C14H17N3O4S. The van der Waals surface area contributed by atoms with Crippen LogP contribution < -0.4 is 11.1 Å². The summed E-state index contributed by atoms with van der Waals surface area (Å²) in [5.41, 5.74) is 6.73. The average molecular weight is 323 g/mol. The first-order chi connectivity index (χ1) is 10.4. The molecule has 1 atom stereocenters. The van der Waals surface area contributed by atoms with Gasteiger partial charge in [0, 0.05) is 18.7 Å². The molecule has 2 heterocycles. The Hall–Kier alpha value is -1.93. The molecule has 1 unspecified atom stereocenters. The summed E-state index contributed by atoms with van der Waals surface area (Å²) in [4.78, 5) is 22.9. The lowest BCUT2D eigenvalue weighted by atomic mass is 10.0. The van der Waals surface area contributed by atoms with Gasteiger partial charge in [0.1, 0.15) is 6.04 Å². The largest absolute Gasteiger partial charge is 0.368 e. The second-order valence-electron chi connectivity index (χ2n) is 5.54. The van der Waals surface area contributed by atoms with Gasteiger partial charge >= 0.3 is 0 Å². The van der Waals surface area contributed by atoms with Crippen LogP contribution in [-0.2, 0) is 26.0 Å². The number of fused-ring (bicyclic) bond motifs is 1. The third kappa shape index (κ3) is 2.48. The second kappa shape index (κ2) is 5.36. The van der Waals surface area contributed by atoms with Gasteiger partial charge in [-0.1, -0.05) is 0 Å². The van der Waals surface area contributed by atoms with E-state index in [0.717, 1.165) is 5.56 Å². The Labute approximate surface area is 128 Å². The zero-order valence-electron chi connectivity index (χ0n) is 11.9. The van der Waals surface area contributed by atoms with Gasteiger partial charge in [0.25, 0.3) is 0 Å². The first-order valence-electron chi connectivity index (χ1n) is 7.13. The zero-order chi connectivity index (χ0) is 15.9. The van der Waals surface area contributed by atoms with Gasteiger partial charge in [0.2, 0.25) is 21.8 Å². The van der Waals surface area contributed by atoms with E-state index in [1.54, 1.807) is 12.1 Å². The third-order valence-electron chi connectivity index (χ3n) is 4.11. The molecule has 1 aromatic rings. The van der Waals surface area contributed by atoms with Crippen LogP contribution in [0.15, 0.2) is 23.1 Å². The molecule has 0 radical (unpaired) electrons. The first kappa shape index (κ1) is 15.0. The van der Waals surface area contributed by atoms with Crippen molar-refractivity contribution in [3.05, 3.63) is 23.8 Å². The summed E-state index contributed by atoms with van der Waals surface area (Å²) in [7, 11) is -3.76. The van der Waals surface area contributed by atoms with E-state index in [2.05, 4.69) is 5.32 Å². The maximum absolute atomic E-state index is 12.7. The molecule has 3 N–H and O–H groups in total. The van der Waals surface area contributed by atoms with Crippen molar-refractivity contribution < 1.29 is 18.0 Å². The molecule has 1 fully saturated rings. The van der Waals surface area contributed by atoms with Crippen LogP contribution >= 0.6 is 0 Å². The summed E-state index contributed by atoms with van der Waals surface area (Å²) in [5, 5.41) is 2.71. The fraction of sp³-hybridized carbons (Fsp3) is 0.429. The number of carbonyl (C=O) groups excluding carboxylic acids is 2. The second-order valence-corrected chi connectivity index (χ2v) is 7.43. The highest BCUT2D eigenvalue weighted by Crippen LogP contribution is 2.30. The van der Waals surface area contributed by atoms with Crippen molar-refractivity contribution in [1.29, 1.82) is 0 Å². The molecule has 8 heteroatoms. The highest BCUT2D eigenvalue weighted by atomic mass is 32.2. The molecule has 22 heavy (non-hydrogen) atoms. The molecule has 118 valence electrons. The van der Waals surface area contributed by atoms with Crippen molar-refractivity contribution in [2.45, 2.75) is 36.6 Å². The van der Waals surface area contributed by atoms with E-state index < -0.39 is 22.0 Å². The van der Waals surface area contributed by atoms with Crippen LogP contribution in [-0.4, -0.2) is 37.1 Å². The molecule has 1 saturated heterocycles. The molecule has 0 bridgehead atoms. The van der Waals surface area contributed by atoms with Crippen LogP contribution in [0, 0.1) is 0 Å². The molecule has 0 aliphatic carbocycles. The minimum atomic E-state index is -3.76. The molecule has 2 amide bonds. The van der Waals surface area contributed by atoms with Gasteiger partial charge < -0.3 is 11.1 Å². The topological polar surface area (TPSA) is 110 Å². The van der Waals surface area contributed by atoms with E-state index >= 15 is 0 Å². The predicted molar refractivity (Wildman–Crippen MR) is 79.5 cm³/mol. The summed E-state index contributed by atoms with van der Waals surface area (Å²) in [6.45, 7) is 0.295. The molecule has 0 aromatic heterocycles. The zero-order valence-corrected chi connectivity index (χ0v) is 12.7. The van der Waals surface area contributed by atoms with Gasteiger partial charge in [-0.15, -0.1) is 0 Å². The minimum absolute atomic E-state index is 0.0727. The molecular weight excluding hydrogens is 306 g/mol. The summed E-state index contributed by atoms with van der Waals surface area (Å²) in [6.07, 6.45) is 1.91. The lowest BCUT2D eigenvalue weighted by Gasteiger charge is -2.23. The smallest absolute Gasteiger partial charge is 0.243 e. The number of aryl methyl sites for hydroxylation is 1.